The Morgan fingerprint density at radius 3 is 2.27 bits per heavy atom. The number of nitrogens with one attached hydrogen (secondary N) is 2. The van der Waals surface area contributed by atoms with Gasteiger partial charge in [0.2, 0.25) is 0 Å². The molecular formula is C20H20N4O2. The zero-order chi connectivity index (χ0) is 18.5. The fourth-order valence-corrected chi connectivity index (χ4v) is 2.56. The second kappa shape index (κ2) is 7.65. The van der Waals surface area contributed by atoms with Crippen LogP contribution in [0.5, 0.6) is 0 Å². The second-order valence-electron chi connectivity index (χ2n) is 5.89. The van der Waals surface area contributed by atoms with Crippen LogP contribution in [0.2, 0.25) is 0 Å². The van der Waals surface area contributed by atoms with E-state index < -0.39 is 0 Å². The number of hydrogen-bond acceptors (Lipinski definition) is 3. The standard InChI is InChI=1S/C20H20N4O2/c1-3-24-18(11-12-21-24)20(26)23-17-6-4-5-16(13-17)22-19(25)15-9-7-14(2)8-10-15/h4-13H,3H2,1-2H3,(H,22,25)(H,23,26). The van der Waals surface area contributed by atoms with Gasteiger partial charge < -0.3 is 10.6 Å². The molecule has 6 heteroatoms. The van der Waals surface area contributed by atoms with E-state index in [4.69, 9.17) is 0 Å². The van der Waals surface area contributed by atoms with Gasteiger partial charge in [-0.2, -0.15) is 5.10 Å². The molecule has 1 aromatic heterocycles. The van der Waals surface area contributed by atoms with Crippen molar-refractivity contribution >= 4 is 23.2 Å². The summed E-state index contributed by atoms with van der Waals surface area (Å²) in [4.78, 5) is 24.7. The van der Waals surface area contributed by atoms with Crippen LogP contribution >= 0.6 is 0 Å². The highest BCUT2D eigenvalue weighted by molar-refractivity contribution is 6.05. The second-order valence-corrected chi connectivity index (χ2v) is 5.89. The summed E-state index contributed by atoms with van der Waals surface area (Å²) in [6.45, 7) is 4.51. The fourth-order valence-electron chi connectivity index (χ4n) is 2.56. The van der Waals surface area contributed by atoms with E-state index in [0.717, 1.165) is 5.56 Å². The molecule has 0 aliphatic rings. The molecule has 0 atom stereocenters. The van der Waals surface area contributed by atoms with Crippen molar-refractivity contribution in [3.05, 3.63) is 77.6 Å². The smallest absolute Gasteiger partial charge is 0.273 e. The molecule has 0 fully saturated rings. The van der Waals surface area contributed by atoms with Crippen LogP contribution < -0.4 is 10.6 Å². The van der Waals surface area contributed by atoms with E-state index in [1.807, 2.05) is 26.0 Å². The maximum Gasteiger partial charge on any atom is 0.273 e. The van der Waals surface area contributed by atoms with Crippen LogP contribution in [-0.2, 0) is 6.54 Å². The Bertz CT molecular complexity index is 929. The maximum absolute atomic E-state index is 12.4. The third-order valence-electron chi connectivity index (χ3n) is 3.94. The van der Waals surface area contributed by atoms with Crippen LogP contribution in [0.4, 0.5) is 11.4 Å². The lowest BCUT2D eigenvalue weighted by Crippen LogP contribution is -2.17. The predicted molar refractivity (Wildman–Crippen MR) is 101 cm³/mol. The predicted octanol–water partition coefficient (Wildman–Crippen LogP) is 3.72. The van der Waals surface area contributed by atoms with Crippen LogP contribution in [-0.4, -0.2) is 21.6 Å². The van der Waals surface area contributed by atoms with Gasteiger partial charge >= 0.3 is 0 Å². The fraction of sp³-hybridized carbons (Fsp3) is 0.150. The van der Waals surface area contributed by atoms with Gasteiger partial charge in [-0.05, 0) is 50.2 Å². The van der Waals surface area contributed by atoms with Crippen molar-refractivity contribution in [1.82, 2.24) is 9.78 Å². The molecule has 0 radical (unpaired) electrons. The Labute approximate surface area is 151 Å². The summed E-state index contributed by atoms with van der Waals surface area (Å²) in [6, 6.07) is 16.1. The molecule has 26 heavy (non-hydrogen) atoms. The SMILES string of the molecule is CCn1nccc1C(=O)Nc1cccc(NC(=O)c2ccc(C)cc2)c1. The summed E-state index contributed by atoms with van der Waals surface area (Å²) < 4.78 is 1.62. The number of amides is 2. The molecule has 2 N–H and O–H groups in total. The molecule has 3 aromatic rings. The first kappa shape index (κ1) is 17.4. The lowest BCUT2D eigenvalue weighted by atomic mass is 10.1. The molecule has 0 bridgehead atoms. The molecule has 0 aliphatic heterocycles. The first-order valence-electron chi connectivity index (χ1n) is 8.38. The third kappa shape index (κ3) is 3.97. The van der Waals surface area contributed by atoms with Gasteiger partial charge in [-0.3, -0.25) is 14.3 Å². The zero-order valence-electron chi connectivity index (χ0n) is 14.7. The van der Waals surface area contributed by atoms with Gasteiger partial charge in [0.1, 0.15) is 5.69 Å². The minimum atomic E-state index is -0.244. The Kier molecular flexibility index (Phi) is 5.12. The van der Waals surface area contributed by atoms with Crippen molar-refractivity contribution in [3.63, 3.8) is 0 Å². The minimum Gasteiger partial charge on any atom is -0.322 e. The van der Waals surface area contributed by atoms with Crippen molar-refractivity contribution in [2.24, 2.45) is 0 Å². The quantitative estimate of drug-likeness (QED) is 0.738. The molecule has 2 amide bonds. The highest BCUT2D eigenvalue weighted by Crippen LogP contribution is 2.17. The largest absolute Gasteiger partial charge is 0.322 e. The van der Waals surface area contributed by atoms with Crippen molar-refractivity contribution in [2.75, 3.05) is 10.6 Å². The molecule has 0 unspecified atom stereocenters. The van der Waals surface area contributed by atoms with Crippen molar-refractivity contribution < 1.29 is 9.59 Å². The summed E-state index contributed by atoms with van der Waals surface area (Å²) in [5.41, 5.74) is 3.37. The van der Waals surface area contributed by atoms with Crippen LogP contribution in [0.3, 0.4) is 0 Å². The number of carbonyl (C=O) groups excluding carboxylic acids is 2. The number of benzene rings is 2. The van der Waals surface area contributed by atoms with E-state index in [1.54, 1.807) is 53.3 Å². The van der Waals surface area contributed by atoms with Gasteiger partial charge in [-0.15, -0.1) is 0 Å². The van der Waals surface area contributed by atoms with E-state index in [-0.39, 0.29) is 11.8 Å². The summed E-state index contributed by atoms with van der Waals surface area (Å²) in [5, 5.41) is 9.76. The topological polar surface area (TPSA) is 76.0 Å². The van der Waals surface area contributed by atoms with E-state index in [2.05, 4.69) is 15.7 Å². The number of nitrogens with zero attached hydrogens (tertiary/aromatic N) is 2. The summed E-state index contributed by atoms with van der Waals surface area (Å²) >= 11 is 0. The highest BCUT2D eigenvalue weighted by Gasteiger charge is 2.12. The molecule has 132 valence electrons. The summed E-state index contributed by atoms with van der Waals surface area (Å²) in [5.74, 6) is -0.441. The van der Waals surface area contributed by atoms with Crippen LogP contribution in [0, 0.1) is 6.92 Å². The Hall–Kier alpha value is -3.41. The Morgan fingerprint density at radius 2 is 1.62 bits per heavy atom. The number of carbonyl (C=O) groups is 2. The molecule has 0 saturated heterocycles. The minimum absolute atomic E-state index is 0.197. The van der Waals surface area contributed by atoms with Gasteiger partial charge in [-0.1, -0.05) is 23.8 Å². The number of aromatic nitrogens is 2. The number of hydrogen-bond donors (Lipinski definition) is 2. The highest BCUT2D eigenvalue weighted by atomic mass is 16.2. The molecule has 0 aliphatic carbocycles. The lowest BCUT2D eigenvalue weighted by Gasteiger charge is -2.10. The average molecular weight is 348 g/mol. The molecule has 0 saturated carbocycles. The number of anilines is 2. The van der Waals surface area contributed by atoms with Crippen molar-refractivity contribution in [2.45, 2.75) is 20.4 Å². The molecule has 2 aromatic carbocycles. The van der Waals surface area contributed by atoms with Gasteiger partial charge in [0.15, 0.2) is 0 Å². The monoisotopic (exact) mass is 348 g/mol. The molecule has 6 nitrogen and oxygen atoms in total. The lowest BCUT2D eigenvalue weighted by molar-refractivity contribution is 0.101. The summed E-state index contributed by atoms with van der Waals surface area (Å²) in [6.07, 6.45) is 1.59. The van der Waals surface area contributed by atoms with Gasteiger partial charge in [0, 0.05) is 29.7 Å². The van der Waals surface area contributed by atoms with Crippen LogP contribution in [0.15, 0.2) is 60.8 Å². The molecule has 1 heterocycles. The zero-order valence-corrected chi connectivity index (χ0v) is 14.7. The third-order valence-corrected chi connectivity index (χ3v) is 3.94. The maximum atomic E-state index is 12.4. The summed E-state index contributed by atoms with van der Waals surface area (Å²) in [7, 11) is 0. The van der Waals surface area contributed by atoms with Crippen LogP contribution in [0.1, 0.15) is 33.3 Å². The van der Waals surface area contributed by atoms with E-state index in [9.17, 15) is 9.59 Å². The molecule has 3 rings (SSSR count). The molecule has 0 spiro atoms. The Balaban J connectivity index is 1.71. The Morgan fingerprint density at radius 1 is 0.962 bits per heavy atom. The molecular weight excluding hydrogens is 328 g/mol. The van der Waals surface area contributed by atoms with Crippen LogP contribution in [0.25, 0.3) is 0 Å². The van der Waals surface area contributed by atoms with Gasteiger partial charge in [0.25, 0.3) is 11.8 Å². The number of rotatable bonds is 5. The van der Waals surface area contributed by atoms with E-state index in [0.29, 0.717) is 29.2 Å². The van der Waals surface area contributed by atoms with Gasteiger partial charge in [-0.25, -0.2) is 0 Å². The van der Waals surface area contributed by atoms with Crippen molar-refractivity contribution in [3.8, 4) is 0 Å². The first-order valence-corrected chi connectivity index (χ1v) is 8.38. The first-order chi connectivity index (χ1) is 12.6. The average Bonchev–Trinajstić information content (AvgIpc) is 3.11. The van der Waals surface area contributed by atoms with Gasteiger partial charge in [0.05, 0.1) is 0 Å². The van der Waals surface area contributed by atoms with E-state index >= 15 is 0 Å². The number of aryl methyl sites for hydroxylation is 2. The normalized spacial score (nSPS) is 10.4. The van der Waals surface area contributed by atoms with Crippen molar-refractivity contribution in [1.29, 1.82) is 0 Å². The van der Waals surface area contributed by atoms with E-state index in [1.165, 1.54) is 0 Å².